The van der Waals surface area contributed by atoms with E-state index in [4.69, 9.17) is 4.74 Å². The van der Waals surface area contributed by atoms with Gasteiger partial charge >= 0.3 is 0 Å². The van der Waals surface area contributed by atoms with Crippen LogP contribution in [0.25, 0.3) is 0 Å². The van der Waals surface area contributed by atoms with Crippen LogP contribution in [0.5, 0.6) is 0 Å². The summed E-state index contributed by atoms with van der Waals surface area (Å²) >= 11 is 0. The molecule has 0 aromatic rings. The highest BCUT2D eigenvalue weighted by Crippen LogP contribution is 2.06. The lowest BCUT2D eigenvalue weighted by atomic mass is 10.2. The first-order chi connectivity index (χ1) is 9.79. The van der Waals surface area contributed by atoms with Gasteiger partial charge in [-0.3, -0.25) is 14.6 Å². The summed E-state index contributed by atoms with van der Waals surface area (Å²) in [7, 11) is 0. The van der Waals surface area contributed by atoms with E-state index in [1.165, 1.54) is 19.4 Å². The van der Waals surface area contributed by atoms with Crippen LogP contribution in [0, 0.1) is 0 Å². The zero-order valence-corrected chi connectivity index (χ0v) is 12.9. The Kier molecular flexibility index (Phi) is 6.76. The molecule has 2 aliphatic rings. The van der Waals surface area contributed by atoms with E-state index in [0.717, 1.165) is 59.0 Å². The number of hydrogen-bond donors (Lipinski definition) is 0. The fraction of sp³-hybridized carbons (Fsp3) is 0.933. The number of ether oxygens (including phenoxy) is 1. The Labute approximate surface area is 122 Å². The number of morpholine rings is 1. The van der Waals surface area contributed by atoms with Crippen molar-refractivity contribution in [2.24, 2.45) is 0 Å². The molecule has 0 unspecified atom stereocenters. The molecule has 2 fully saturated rings. The lowest BCUT2D eigenvalue weighted by molar-refractivity contribution is -0.133. The van der Waals surface area contributed by atoms with Crippen LogP contribution in [0.3, 0.4) is 0 Å². The van der Waals surface area contributed by atoms with Crippen LogP contribution in [-0.4, -0.2) is 86.2 Å². The van der Waals surface area contributed by atoms with Gasteiger partial charge in [0.1, 0.15) is 0 Å². The predicted molar refractivity (Wildman–Crippen MR) is 79.8 cm³/mol. The highest BCUT2D eigenvalue weighted by atomic mass is 16.5. The van der Waals surface area contributed by atoms with Crippen LogP contribution in [0.4, 0.5) is 0 Å². The van der Waals surface area contributed by atoms with Gasteiger partial charge in [0.15, 0.2) is 0 Å². The molecule has 1 amide bonds. The topological polar surface area (TPSA) is 36.0 Å². The number of hydrogen-bond acceptors (Lipinski definition) is 4. The van der Waals surface area contributed by atoms with Gasteiger partial charge in [-0.1, -0.05) is 13.3 Å². The summed E-state index contributed by atoms with van der Waals surface area (Å²) in [5.74, 6) is 0.326. The Hall–Kier alpha value is -0.650. The van der Waals surface area contributed by atoms with Gasteiger partial charge in [0.05, 0.1) is 13.2 Å². The summed E-state index contributed by atoms with van der Waals surface area (Å²) < 4.78 is 5.32. The third kappa shape index (κ3) is 5.04. The number of nitrogens with zero attached hydrogens (tertiary/aromatic N) is 3. The van der Waals surface area contributed by atoms with E-state index in [0.29, 0.717) is 12.3 Å². The molecule has 0 bridgehead atoms. The fourth-order valence-electron chi connectivity index (χ4n) is 2.84. The molecule has 0 aliphatic carbocycles. The minimum atomic E-state index is 0.326. The molecule has 2 aliphatic heterocycles. The van der Waals surface area contributed by atoms with Crippen LogP contribution < -0.4 is 0 Å². The molecular formula is C15H29N3O2. The molecule has 0 spiro atoms. The zero-order chi connectivity index (χ0) is 14.2. The van der Waals surface area contributed by atoms with E-state index in [9.17, 15) is 4.79 Å². The van der Waals surface area contributed by atoms with Gasteiger partial charge in [0.2, 0.25) is 5.91 Å². The van der Waals surface area contributed by atoms with Crippen molar-refractivity contribution in [2.45, 2.75) is 26.2 Å². The fourth-order valence-corrected chi connectivity index (χ4v) is 2.84. The van der Waals surface area contributed by atoms with Crippen molar-refractivity contribution in [3.63, 3.8) is 0 Å². The van der Waals surface area contributed by atoms with Crippen molar-refractivity contribution in [3.05, 3.63) is 0 Å². The van der Waals surface area contributed by atoms with Crippen LogP contribution in [0.2, 0.25) is 0 Å². The van der Waals surface area contributed by atoms with Crippen LogP contribution in [0.15, 0.2) is 0 Å². The lowest BCUT2D eigenvalue weighted by Gasteiger charge is -2.35. The molecule has 2 rings (SSSR count). The normalized spacial score (nSPS) is 22.1. The summed E-state index contributed by atoms with van der Waals surface area (Å²) in [6, 6.07) is 0. The molecule has 0 N–H and O–H groups in total. The Balaban J connectivity index is 1.61. The average Bonchev–Trinajstić information content (AvgIpc) is 2.52. The quantitative estimate of drug-likeness (QED) is 0.717. The Morgan fingerprint density at radius 1 is 0.950 bits per heavy atom. The maximum Gasteiger partial charge on any atom is 0.223 e. The second kappa shape index (κ2) is 8.60. The summed E-state index contributed by atoms with van der Waals surface area (Å²) in [6.45, 7) is 11.8. The van der Waals surface area contributed by atoms with Crippen LogP contribution in [0.1, 0.15) is 26.2 Å². The zero-order valence-electron chi connectivity index (χ0n) is 12.9. The van der Waals surface area contributed by atoms with Crippen molar-refractivity contribution in [1.29, 1.82) is 0 Å². The molecule has 0 saturated carbocycles. The molecule has 5 heteroatoms. The Bertz CT molecular complexity index is 285. The van der Waals surface area contributed by atoms with Gasteiger partial charge in [-0.25, -0.2) is 0 Å². The average molecular weight is 283 g/mol. The molecule has 20 heavy (non-hydrogen) atoms. The number of piperazine rings is 1. The second-order valence-corrected chi connectivity index (χ2v) is 5.78. The first-order valence-electron chi connectivity index (χ1n) is 8.10. The molecule has 2 heterocycles. The Morgan fingerprint density at radius 3 is 2.25 bits per heavy atom. The lowest BCUT2D eigenvalue weighted by Crippen LogP contribution is -2.49. The van der Waals surface area contributed by atoms with E-state index < -0.39 is 0 Å². The van der Waals surface area contributed by atoms with Crippen LogP contribution >= 0.6 is 0 Å². The number of carbonyl (C=O) groups excluding carboxylic acids is 1. The van der Waals surface area contributed by atoms with Gasteiger partial charge in [-0.2, -0.15) is 0 Å². The number of carbonyl (C=O) groups is 1. The number of amides is 1. The molecule has 0 atom stereocenters. The second-order valence-electron chi connectivity index (χ2n) is 5.78. The van der Waals surface area contributed by atoms with E-state index in [1.807, 2.05) is 4.90 Å². The van der Waals surface area contributed by atoms with Crippen molar-refractivity contribution in [2.75, 3.05) is 65.6 Å². The van der Waals surface area contributed by atoms with Gasteiger partial charge < -0.3 is 9.64 Å². The molecule has 116 valence electrons. The SMILES string of the molecule is CCCCN1CCN(C(=O)CCN2CCOCC2)CC1. The van der Waals surface area contributed by atoms with Gasteiger partial charge in [0, 0.05) is 52.2 Å². The summed E-state index contributed by atoms with van der Waals surface area (Å²) in [5.41, 5.74) is 0. The Morgan fingerprint density at radius 2 is 1.60 bits per heavy atom. The largest absolute Gasteiger partial charge is 0.379 e. The van der Waals surface area contributed by atoms with Gasteiger partial charge in [0.25, 0.3) is 0 Å². The van der Waals surface area contributed by atoms with Crippen molar-refractivity contribution >= 4 is 5.91 Å². The molecule has 0 radical (unpaired) electrons. The van der Waals surface area contributed by atoms with Gasteiger partial charge in [-0.15, -0.1) is 0 Å². The molecular weight excluding hydrogens is 254 g/mol. The van der Waals surface area contributed by atoms with E-state index in [-0.39, 0.29) is 0 Å². The summed E-state index contributed by atoms with van der Waals surface area (Å²) in [6.07, 6.45) is 3.18. The van der Waals surface area contributed by atoms with E-state index in [2.05, 4.69) is 16.7 Å². The minimum Gasteiger partial charge on any atom is -0.379 e. The van der Waals surface area contributed by atoms with Crippen LogP contribution in [-0.2, 0) is 9.53 Å². The predicted octanol–water partition coefficient (Wildman–Crippen LogP) is 0.653. The van der Waals surface area contributed by atoms with Gasteiger partial charge in [-0.05, 0) is 13.0 Å². The molecule has 0 aromatic carbocycles. The molecule has 0 aromatic heterocycles. The number of rotatable bonds is 6. The van der Waals surface area contributed by atoms with Crippen molar-refractivity contribution in [3.8, 4) is 0 Å². The maximum absolute atomic E-state index is 12.2. The summed E-state index contributed by atoms with van der Waals surface area (Å²) in [5, 5.41) is 0. The number of unbranched alkanes of at least 4 members (excludes halogenated alkanes) is 1. The minimum absolute atomic E-state index is 0.326. The maximum atomic E-state index is 12.2. The first-order valence-corrected chi connectivity index (χ1v) is 8.10. The monoisotopic (exact) mass is 283 g/mol. The highest BCUT2D eigenvalue weighted by Gasteiger charge is 2.21. The smallest absolute Gasteiger partial charge is 0.223 e. The summed E-state index contributed by atoms with van der Waals surface area (Å²) in [4.78, 5) is 19.1. The molecule has 5 nitrogen and oxygen atoms in total. The third-order valence-electron chi connectivity index (χ3n) is 4.30. The standard InChI is InChI=1S/C15H29N3O2/c1-2-3-5-16-7-9-18(10-8-16)15(19)4-6-17-11-13-20-14-12-17/h2-14H2,1H3. The third-order valence-corrected chi connectivity index (χ3v) is 4.30. The first kappa shape index (κ1) is 15.7. The van der Waals surface area contributed by atoms with E-state index >= 15 is 0 Å². The van der Waals surface area contributed by atoms with Crippen molar-refractivity contribution < 1.29 is 9.53 Å². The molecule has 2 saturated heterocycles. The van der Waals surface area contributed by atoms with E-state index in [1.54, 1.807) is 0 Å². The highest BCUT2D eigenvalue weighted by molar-refractivity contribution is 5.76. The van der Waals surface area contributed by atoms with Crippen molar-refractivity contribution in [1.82, 2.24) is 14.7 Å².